The second-order valence-electron chi connectivity index (χ2n) is 2.62. The first-order chi connectivity index (χ1) is 5.68. The maximum Gasteiger partial charge on any atom is 0.257 e. The first-order valence-electron chi connectivity index (χ1n) is 3.47. The van der Waals surface area contributed by atoms with Gasteiger partial charge in [0, 0.05) is 11.3 Å². The summed E-state index contributed by atoms with van der Waals surface area (Å²) < 4.78 is 12.6. The molecule has 0 aromatic heterocycles. The van der Waals surface area contributed by atoms with E-state index in [1.54, 1.807) is 0 Å². The van der Waals surface area contributed by atoms with Crippen LogP contribution in [0.15, 0.2) is 18.2 Å². The zero-order valence-electron chi connectivity index (χ0n) is 6.04. The Morgan fingerprint density at radius 2 is 2.25 bits per heavy atom. The van der Waals surface area contributed by atoms with Crippen molar-refractivity contribution >= 4 is 11.6 Å². The Morgan fingerprint density at radius 3 is 3.00 bits per heavy atom. The van der Waals surface area contributed by atoms with Gasteiger partial charge in [0.05, 0.1) is 0 Å². The summed E-state index contributed by atoms with van der Waals surface area (Å²) in [6.07, 6.45) is -1.23. The highest BCUT2D eigenvalue weighted by Gasteiger charge is 2.28. The van der Waals surface area contributed by atoms with Crippen molar-refractivity contribution in [2.45, 2.75) is 6.10 Å². The number of amides is 1. The van der Waals surface area contributed by atoms with Gasteiger partial charge in [-0.3, -0.25) is 4.79 Å². The molecule has 0 bridgehead atoms. The second-order valence-corrected chi connectivity index (χ2v) is 2.62. The van der Waals surface area contributed by atoms with Crippen molar-refractivity contribution in [3.05, 3.63) is 29.6 Å². The summed E-state index contributed by atoms with van der Waals surface area (Å²) >= 11 is 0. The maximum absolute atomic E-state index is 12.6. The number of benzene rings is 1. The number of carbonyl (C=O) groups is 1. The molecule has 1 aliphatic rings. The predicted octanol–water partition coefficient (Wildman–Crippen LogP) is 0.811. The minimum atomic E-state index is -1.23. The second kappa shape index (κ2) is 2.28. The predicted molar refractivity (Wildman–Crippen MR) is 40.0 cm³/mol. The zero-order chi connectivity index (χ0) is 8.72. The molecule has 1 heterocycles. The molecule has 0 saturated heterocycles. The third-order valence-corrected chi connectivity index (χ3v) is 1.81. The quantitative estimate of drug-likeness (QED) is 0.600. The molecular formula is C8H6FNO2. The number of hydrogen-bond donors (Lipinski definition) is 2. The number of anilines is 1. The van der Waals surface area contributed by atoms with Crippen molar-refractivity contribution in [2.75, 3.05) is 5.32 Å². The van der Waals surface area contributed by atoms with E-state index in [9.17, 15) is 14.3 Å². The van der Waals surface area contributed by atoms with E-state index in [0.717, 1.165) is 6.07 Å². The highest BCUT2D eigenvalue weighted by Crippen LogP contribution is 2.30. The standard InChI is InChI=1S/C8H6FNO2/c9-4-1-2-6-5(3-4)7(11)8(12)10-6/h1-3,7,11H,(H,10,12)/t7-/m0/s1. The lowest BCUT2D eigenvalue weighted by Crippen LogP contribution is -2.10. The van der Waals surface area contributed by atoms with Crippen LogP contribution in [0.5, 0.6) is 0 Å². The largest absolute Gasteiger partial charge is 0.378 e. The smallest absolute Gasteiger partial charge is 0.257 e. The van der Waals surface area contributed by atoms with E-state index in [1.165, 1.54) is 12.1 Å². The van der Waals surface area contributed by atoms with Gasteiger partial charge in [-0.15, -0.1) is 0 Å². The number of aliphatic hydroxyl groups is 1. The maximum atomic E-state index is 12.6. The fourth-order valence-electron chi connectivity index (χ4n) is 1.22. The van der Waals surface area contributed by atoms with Crippen LogP contribution in [0.25, 0.3) is 0 Å². The van der Waals surface area contributed by atoms with Crippen LogP contribution in [0.3, 0.4) is 0 Å². The Hall–Kier alpha value is -1.42. The van der Waals surface area contributed by atoms with Crippen molar-refractivity contribution in [2.24, 2.45) is 0 Å². The number of hydrogen-bond acceptors (Lipinski definition) is 2. The molecule has 3 nitrogen and oxygen atoms in total. The summed E-state index contributed by atoms with van der Waals surface area (Å²) in [5, 5.41) is 11.6. The molecule has 2 N–H and O–H groups in total. The number of rotatable bonds is 0. The van der Waals surface area contributed by atoms with Crippen LogP contribution >= 0.6 is 0 Å². The molecule has 2 rings (SSSR count). The first kappa shape index (κ1) is 7.24. The molecule has 0 spiro atoms. The minimum Gasteiger partial charge on any atom is -0.378 e. The van der Waals surface area contributed by atoms with E-state index in [2.05, 4.69) is 5.32 Å². The molecule has 0 aliphatic carbocycles. The van der Waals surface area contributed by atoms with Crippen LogP contribution < -0.4 is 5.32 Å². The SMILES string of the molecule is O=C1Nc2ccc(F)cc2[C@@H]1O. The molecule has 1 atom stereocenters. The molecule has 62 valence electrons. The summed E-state index contributed by atoms with van der Waals surface area (Å²) in [6, 6.07) is 3.81. The number of nitrogens with one attached hydrogen (secondary N) is 1. The molecule has 0 fully saturated rings. The van der Waals surface area contributed by atoms with Gasteiger partial charge >= 0.3 is 0 Å². The van der Waals surface area contributed by atoms with Crippen LogP contribution in [0.2, 0.25) is 0 Å². The first-order valence-corrected chi connectivity index (χ1v) is 3.47. The van der Waals surface area contributed by atoms with Crippen LogP contribution in [-0.2, 0) is 4.79 Å². The Bertz CT molecular complexity index is 351. The molecule has 1 aromatic carbocycles. The van der Waals surface area contributed by atoms with Crippen molar-refractivity contribution in [1.82, 2.24) is 0 Å². The Kier molecular flexibility index (Phi) is 1.38. The van der Waals surface area contributed by atoms with E-state index in [1.807, 2.05) is 0 Å². The molecule has 1 aromatic rings. The minimum absolute atomic E-state index is 0.306. The van der Waals surface area contributed by atoms with Crippen LogP contribution in [0, 0.1) is 5.82 Å². The van der Waals surface area contributed by atoms with Crippen molar-refractivity contribution in [3.8, 4) is 0 Å². The van der Waals surface area contributed by atoms with Gasteiger partial charge in [0.1, 0.15) is 5.82 Å². The molecule has 12 heavy (non-hydrogen) atoms. The fourth-order valence-corrected chi connectivity index (χ4v) is 1.22. The fraction of sp³-hybridized carbons (Fsp3) is 0.125. The number of aliphatic hydroxyl groups excluding tert-OH is 1. The number of fused-ring (bicyclic) bond motifs is 1. The van der Waals surface area contributed by atoms with Gasteiger partial charge in [0.15, 0.2) is 6.10 Å². The van der Waals surface area contributed by atoms with Crippen LogP contribution in [-0.4, -0.2) is 11.0 Å². The third kappa shape index (κ3) is 0.887. The summed E-state index contributed by atoms with van der Waals surface area (Å²) in [7, 11) is 0. The molecule has 1 aliphatic heterocycles. The lowest BCUT2D eigenvalue weighted by atomic mass is 10.1. The van der Waals surface area contributed by atoms with Gasteiger partial charge in [-0.1, -0.05) is 0 Å². The van der Waals surface area contributed by atoms with E-state index in [4.69, 9.17) is 0 Å². The molecule has 4 heteroatoms. The molecular weight excluding hydrogens is 161 g/mol. The van der Waals surface area contributed by atoms with Crippen molar-refractivity contribution in [1.29, 1.82) is 0 Å². The van der Waals surface area contributed by atoms with Crippen LogP contribution in [0.4, 0.5) is 10.1 Å². The molecule has 0 unspecified atom stereocenters. The van der Waals surface area contributed by atoms with Crippen molar-refractivity contribution < 1.29 is 14.3 Å². The molecule has 0 radical (unpaired) electrons. The average molecular weight is 167 g/mol. The average Bonchev–Trinajstić information content (AvgIpc) is 2.31. The third-order valence-electron chi connectivity index (χ3n) is 1.81. The lowest BCUT2D eigenvalue weighted by Gasteiger charge is -1.98. The Labute approximate surface area is 67.8 Å². The number of halogens is 1. The molecule has 1 amide bonds. The van der Waals surface area contributed by atoms with E-state index < -0.39 is 17.8 Å². The highest BCUT2D eigenvalue weighted by molar-refractivity contribution is 6.01. The van der Waals surface area contributed by atoms with Gasteiger partial charge in [-0.05, 0) is 18.2 Å². The highest BCUT2D eigenvalue weighted by atomic mass is 19.1. The summed E-state index contributed by atoms with van der Waals surface area (Å²) in [5.41, 5.74) is 0.786. The van der Waals surface area contributed by atoms with Crippen molar-refractivity contribution in [3.63, 3.8) is 0 Å². The Balaban J connectivity index is 2.55. The van der Waals surface area contributed by atoms with E-state index >= 15 is 0 Å². The summed E-state index contributed by atoms with van der Waals surface area (Å²) in [5.74, 6) is -0.958. The van der Waals surface area contributed by atoms with E-state index in [0.29, 0.717) is 11.3 Å². The monoisotopic (exact) mass is 167 g/mol. The summed E-state index contributed by atoms with van der Waals surface area (Å²) in [6.45, 7) is 0. The van der Waals surface area contributed by atoms with Gasteiger partial charge in [0.25, 0.3) is 5.91 Å². The lowest BCUT2D eigenvalue weighted by molar-refractivity contribution is -0.123. The summed E-state index contributed by atoms with van der Waals surface area (Å²) in [4.78, 5) is 10.9. The van der Waals surface area contributed by atoms with Gasteiger partial charge in [0.2, 0.25) is 0 Å². The van der Waals surface area contributed by atoms with Crippen LogP contribution in [0.1, 0.15) is 11.7 Å². The zero-order valence-corrected chi connectivity index (χ0v) is 6.04. The van der Waals surface area contributed by atoms with Gasteiger partial charge in [-0.25, -0.2) is 4.39 Å². The Morgan fingerprint density at radius 1 is 1.50 bits per heavy atom. The normalized spacial score (nSPS) is 20.5. The van der Waals surface area contributed by atoms with E-state index in [-0.39, 0.29) is 0 Å². The van der Waals surface area contributed by atoms with Gasteiger partial charge < -0.3 is 10.4 Å². The molecule has 0 saturated carbocycles. The van der Waals surface area contributed by atoms with Gasteiger partial charge in [-0.2, -0.15) is 0 Å². The topological polar surface area (TPSA) is 49.3 Å². The number of carbonyl (C=O) groups excluding carboxylic acids is 1.